The number of rotatable bonds is 5. The quantitative estimate of drug-likeness (QED) is 0.736. The molecule has 1 aromatic rings. The van der Waals surface area contributed by atoms with Crippen LogP contribution < -0.4 is 0 Å². The summed E-state index contributed by atoms with van der Waals surface area (Å²) in [7, 11) is 0. The molecule has 1 atom stereocenters. The number of nitrogens with zero attached hydrogens (tertiary/aromatic N) is 1. The van der Waals surface area contributed by atoms with Crippen LogP contribution >= 0.6 is 11.6 Å². The summed E-state index contributed by atoms with van der Waals surface area (Å²) in [5.41, 5.74) is 0.935. The molecule has 1 heterocycles. The molecule has 2 nitrogen and oxygen atoms in total. The first-order chi connectivity index (χ1) is 6.33. The summed E-state index contributed by atoms with van der Waals surface area (Å²) < 4.78 is 0. The first kappa shape index (κ1) is 10.5. The van der Waals surface area contributed by atoms with Gasteiger partial charge in [0.2, 0.25) is 0 Å². The summed E-state index contributed by atoms with van der Waals surface area (Å²) >= 11 is 5.52. The Hall–Kier alpha value is -0.600. The fourth-order valence-corrected chi connectivity index (χ4v) is 1.33. The van der Waals surface area contributed by atoms with E-state index in [4.69, 9.17) is 11.6 Å². The second-order valence-electron chi connectivity index (χ2n) is 3.01. The summed E-state index contributed by atoms with van der Waals surface area (Å²) in [6.07, 6.45) is 3.66. The van der Waals surface area contributed by atoms with Gasteiger partial charge in [0.05, 0.1) is 6.10 Å². The van der Waals surface area contributed by atoms with Gasteiger partial charge in [-0.25, -0.2) is 0 Å². The van der Waals surface area contributed by atoms with E-state index in [1.165, 1.54) is 0 Å². The van der Waals surface area contributed by atoms with Crippen LogP contribution in [-0.2, 0) is 6.42 Å². The van der Waals surface area contributed by atoms with Gasteiger partial charge in [0.15, 0.2) is 0 Å². The van der Waals surface area contributed by atoms with Crippen LogP contribution in [0.4, 0.5) is 0 Å². The van der Waals surface area contributed by atoms with E-state index in [1.54, 1.807) is 6.20 Å². The van der Waals surface area contributed by atoms with Crippen LogP contribution in [0.15, 0.2) is 24.4 Å². The molecule has 72 valence electrons. The monoisotopic (exact) mass is 199 g/mol. The van der Waals surface area contributed by atoms with E-state index in [0.717, 1.165) is 18.5 Å². The molecule has 0 aliphatic carbocycles. The van der Waals surface area contributed by atoms with Crippen LogP contribution in [0.2, 0.25) is 0 Å². The fraction of sp³-hybridized carbons (Fsp3) is 0.500. The molecule has 0 amide bonds. The smallest absolute Gasteiger partial charge is 0.0596 e. The topological polar surface area (TPSA) is 33.1 Å². The minimum absolute atomic E-state index is 0.311. The highest BCUT2D eigenvalue weighted by atomic mass is 35.5. The highest BCUT2D eigenvalue weighted by Crippen LogP contribution is 2.05. The summed E-state index contributed by atoms with van der Waals surface area (Å²) in [6, 6.07) is 5.72. The number of aliphatic hydroxyl groups is 1. The number of aromatic nitrogens is 1. The fourth-order valence-electron chi connectivity index (χ4n) is 1.18. The SMILES string of the molecule is OC(CCCCl)Cc1ccccn1. The molecule has 0 saturated heterocycles. The Kier molecular flexibility index (Phi) is 4.79. The third-order valence-corrected chi connectivity index (χ3v) is 2.11. The Balaban J connectivity index is 2.32. The number of hydrogen-bond acceptors (Lipinski definition) is 2. The normalized spacial score (nSPS) is 12.8. The molecule has 0 aromatic carbocycles. The average Bonchev–Trinajstić information content (AvgIpc) is 2.16. The first-order valence-corrected chi connectivity index (χ1v) is 5.00. The molecule has 0 saturated carbocycles. The van der Waals surface area contributed by atoms with Gasteiger partial charge in [0.25, 0.3) is 0 Å². The average molecular weight is 200 g/mol. The van der Waals surface area contributed by atoms with Crippen molar-refractivity contribution < 1.29 is 5.11 Å². The molecule has 1 rings (SSSR count). The zero-order valence-corrected chi connectivity index (χ0v) is 8.24. The maximum atomic E-state index is 9.54. The van der Waals surface area contributed by atoms with E-state index in [-0.39, 0.29) is 6.10 Å². The highest BCUT2D eigenvalue weighted by molar-refractivity contribution is 6.17. The Morgan fingerprint density at radius 1 is 1.46 bits per heavy atom. The van der Waals surface area contributed by atoms with Gasteiger partial charge in [-0.1, -0.05) is 6.07 Å². The van der Waals surface area contributed by atoms with Crippen LogP contribution in [0, 0.1) is 0 Å². The highest BCUT2D eigenvalue weighted by Gasteiger charge is 2.04. The second-order valence-corrected chi connectivity index (χ2v) is 3.39. The van der Waals surface area contributed by atoms with Gasteiger partial charge < -0.3 is 5.11 Å². The van der Waals surface area contributed by atoms with Gasteiger partial charge in [-0.15, -0.1) is 11.6 Å². The molecule has 0 fully saturated rings. The van der Waals surface area contributed by atoms with Crippen LogP contribution in [0.5, 0.6) is 0 Å². The van der Waals surface area contributed by atoms with E-state index in [0.29, 0.717) is 12.3 Å². The maximum Gasteiger partial charge on any atom is 0.0596 e. The van der Waals surface area contributed by atoms with Crippen molar-refractivity contribution in [2.45, 2.75) is 25.4 Å². The molecule has 0 aliphatic rings. The lowest BCUT2D eigenvalue weighted by atomic mass is 10.1. The Bertz CT molecular complexity index is 228. The lowest BCUT2D eigenvalue weighted by Crippen LogP contribution is -2.11. The maximum absolute atomic E-state index is 9.54. The van der Waals surface area contributed by atoms with Gasteiger partial charge >= 0.3 is 0 Å². The zero-order valence-electron chi connectivity index (χ0n) is 7.49. The molecular formula is C10H14ClNO. The van der Waals surface area contributed by atoms with Crippen LogP contribution in [0.3, 0.4) is 0 Å². The van der Waals surface area contributed by atoms with Crippen molar-refractivity contribution in [3.8, 4) is 0 Å². The third-order valence-electron chi connectivity index (χ3n) is 1.84. The number of aliphatic hydroxyl groups excluding tert-OH is 1. The van der Waals surface area contributed by atoms with Crippen molar-refractivity contribution in [1.82, 2.24) is 4.98 Å². The van der Waals surface area contributed by atoms with Gasteiger partial charge in [-0.3, -0.25) is 4.98 Å². The van der Waals surface area contributed by atoms with Crippen molar-refractivity contribution in [3.63, 3.8) is 0 Å². The van der Waals surface area contributed by atoms with E-state index in [9.17, 15) is 5.11 Å². The molecule has 3 heteroatoms. The molecule has 13 heavy (non-hydrogen) atoms. The van der Waals surface area contributed by atoms with E-state index < -0.39 is 0 Å². The molecule has 0 radical (unpaired) electrons. The molecule has 0 spiro atoms. The van der Waals surface area contributed by atoms with E-state index >= 15 is 0 Å². The van der Waals surface area contributed by atoms with Gasteiger partial charge in [0.1, 0.15) is 0 Å². The number of halogens is 1. The van der Waals surface area contributed by atoms with Crippen LogP contribution in [-0.4, -0.2) is 22.1 Å². The summed E-state index contributed by atoms with van der Waals surface area (Å²) in [6.45, 7) is 0. The third kappa shape index (κ3) is 4.25. The Morgan fingerprint density at radius 3 is 2.92 bits per heavy atom. The molecular weight excluding hydrogens is 186 g/mol. The van der Waals surface area contributed by atoms with Gasteiger partial charge in [0, 0.05) is 24.2 Å². The summed E-state index contributed by atoms with van der Waals surface area (Å²) in [5, 5.41) is 9.54. The zero-order chi connectivity index (χ0) is 9.52. The van der Waals surface area contributed by atoms with Crippen molar-refractivity contribution in [2.24, 2.45) is 0 Å². The van der Waals surface area contributed by atoms with E-state index in [1.807, 2.05) is 18.2 Å². The predicted octanol–water partition coefficient (Wildman–Crippen LogP) is 2.00. The summed E-state index contributed by atoms with van der Waals surface area (Å²) in [5.74, 6) is 0.610. The van der Waals surface area contributed by atoms with Crippen molar-refractivity contribution in [3.05, 3.63) is 30.1 Å². The van der Waals surface area contributed by atoms with Crippen molar-refractivity contribution in [1.29, 1.82) is 0 Å². The second kappa shape index (κ2) is 5.95. The minimum Gasteiger partial charge on any atom is -0.393 e. The summed E-state index contributed by atoms with van der Waals surface area (Å²) in [4.78, 5) is 4.13. The predicted molar refractivity (Wildman–Crippen MR) is 53.9 cm³/mol. The molecule has 1 unspecified atom stereocenters. The largest absolute Gasteiger partial charge is 0.393 e. The first-order valence-electron chi connectivity index (χ1n) is 4.47. The van der Waals surface area contributed by atoms with Crippen LogP contribution in [0.25, 0.3) is 0 Å². The Labute approximate surface area is 83.6 Å². The lowest BCUT2D eigenvalue weighted by Gasteiger charge is -2.08. The van der Waals surface area contributed by atoms with Gasteiger partial charge in [-0.2, -0.15) is 0 Å². The lowest BCUT2D eigenvalue weighted by molar-refractivity contribution is 0.163. The van der Waals surface area contributed by atoms with Gasteiger partial charge in [-0.05, 0) is 25.0 Å². The van der Waals surface area contributed by atoms with Crippen molar-refractivity contribution >= 4 is 11.6 Å². The van der Waals surface area contributed by atoms with E-state index in [2.05, 4.69) is 4.98 Å². The Morgan fingerprint density at radius 2 is 2.31 bits per heavy atom. The number of pyridine rings is 1. The standard InChI is InChI=1S/C10H14ClNO/c11-6-3-5-10(13)8-9-4-1-2-7-12-9/h1-2,4,7,10,13H,3,5-6,8H2. The molecule has 1 aromatic heterocycles. The number of hydrogen-bond donors (Lipinski definition) is 1. The minimum atomic E-state index is -0.311. The van der Waals surface area contributed by atoms with Crippen LogP contribution in [0.1, 0.15) is 18.5 Å². The molecule has 0 aliphatic heterocycles. The molecule has 0 bridgehead atoms. The number of alkyl halides is 1. The molecule has 1 N–H and O–H groups in total. The van der Waals surface area contributed by atoms with Crippen molar-refractivity contribution in [2.75, 3.05) is 5.88 Å².